The smallest absolute Gasteiger partial charge is 0.352 e. The number of nitrogens with zero attached hydrogens (tertiary/aromatic N) is 2. The summed E-state index contributed by atoms with van der Waals surface area (Å²) in [6.45, 7) is 0.792. The van der Waals surface area contributed by atoms with Crippen LogP contribution in [0.2, 0.25) is 5.02 Å². The van der Waals surface area contributed by atoms with Gasteiger partial charge in [0.15, 0.2) is 0 Å². The topological polar surface area (TPSA) is 86.8 Å². The van der Waals surface area contributed by atoms with Crippen molar-refractivity contribution in [3.63, 3.8) is 0 Å². The summed E-state index contributed by atoms with van der Waals surface area (Å²) in [7, 11) is -4.61. The molecule has 1 saturated carbocycles. The molecule has 270 valence electrons. The summed E-state index contributed by atoms with van der Waals surface area (Å²) in [6, 6.07) is 23.6. The molecular formula is C38H38BrClF3N3O4S. The van der Waals surface area contributed by atoms with Gasteiger partial charge in [-0.3, -0.25) is 13.9 Å². The number of rotatable bonds is 12. The second-order valence-corrected chi connectivity index (χ2v) is 15.9. The van der Waals surface area contributed by atoms with Gasteiger partial charge in [-0.15, -0.1) is 0 Å². The third kappa shape index (κ3) is 9.93. The number of alkyl halides is 3. The Labute approximate surface area is 310 Å². The molecule has 0 radical (unpaired) electrons. The number of amides is 2. The molecule has 13 heteroatoms. The van der Waals surface area contributed by atoms with E-state index in [1.165, 1.54) is 17.0 Å². The summed E-state index contributed by atoms with van der Waals surface area (Å²) in [5.41, 5.74) is 0.533. The Bertz CT molecular complexity index is 1920. The minimum Gasteiger partial charge on any atom is -0.352 e. The molecule has 0 heterocycles. The van der Waals surface area contributed by atoms with E-state index in [0.717, 1.165) is 59.8 Å². The summed E-state index contributed by atoms with van der Waals surface area (Å²) in [5.74, 6) is -1.17. The van der Waals surface area contributed by atoms with Crippen LogP contribution in [0.4, 0.5) is 18.9 Å². The zero-order chi connectivity index (χ0) is 36.8. The van der Waals surface area contributed by atoms with E-state index in [1.54, 1.807) is 43.3 Å². The Morgan fingerprint density at radius 1 is 0.902 bits per heavy atom. The van der Waals surface area contributed by atoms with Crippen molar-refractivity contribution in [3.05, 3.63) is 129 Å². The standard InChI is InChI=1S/C38H38BrClF3N3O4S/c1-26-12-19-32(20-13-26)51(49,50)46(31-18-21-34(40)33(23-31)38(41,42)43)25-36(47)45(24-28-14-16-29(39)17-15-28)35(22-27-8-4-2-5-9-27)37(48)44-30-10-6-3-7-11-30/h2,4-5,8-9,12-21,23,30,35H,3,6-7,10-11,22,24-25H2,1H3,(H,44,48)/t35-/m1/s1. The van der Waals surface area contributed by atoms with E-state index in [4.69, 9.17) is 11.6 Å². The summed E-state index contributed by atoms with van der Waals surface area (Å²) < 4.78 is 72.1. The van der Waals surface area contributed by atoms with Gasteiger partial charge in [-0.2, -0.15) is 13.2 Å². The van der Waals surface area contributed by atoms with Gasteiger partial charge in [-0.1, -0.05) is 107 Å². The Balaban J connectivity index is 1.61. The van der Waals surface area contributed by atoms with E-state index < -0.39 is 56.9 Å². The van der Waals surface area contributed by atoms with Gasteiger partial charge in [0.2, 0.25) is 11.8 Å². The molecular weight excluding hydrogens is 767 g/mol. The molecule has 7 nitrogen and oxygen atoms in total. The van der Waals surface area contributed by atoms with E-state index in [1.807, 2.05) is 30.3 Å². The summed E-state index contributed by atoms with van der Waals surface area (Å²) in [6.07, 6.45) is -0.199. The Morgan fingerprint density at radius 2 is 1.55 bits per heavy atom. The highest BCUT2D eigenvalue weighted by molar-refractivity contribution is 9.10. The van der Waals surface area contributed by atoms with Crippen LogP contribution in [-0.2, 0) is 38.8 Å². The molecule has 0 saturated heterocycles. The van der Waals surface area contributed by atoms with Crippen LogP contribution < -0.4 is 9.62 Å². The first-order chi connectivity index (χ1) is 24.2. The molecule has 51 heavy (non-hydrogen) atoms. The molecule has 1 atom stereocenters. The Hall–Kier alpha value is -3.87. The van der Waals surface area contributed by atoms with Crippen molar-refractivity contribution in [2.24, 2.45) is 0 Å². The molecule has 0 spiro atoms. The molecule has 2 amide bonds. The van der Waals surface area contributed by atoms with Crippen LogP contribution in [0.25, 0.3) is 0 Å². The quantitative estimate of drug-likeness (QED) is 0.155. The van der Waals surface area contributed by atoms with Crippen LogP contribution in [0.5, 0.6) is 0 Å². The second-order valence-electron chi connectivity index (χ2n) is 12.7. The lowest BCUT2D eigenvalue weighted by Gasteiger charge is -2.35. The molecule has 4 aromatic rings. The lowest BCUT2D eigenvalue weighted by molar-refractivity contribution is -0.140. The lowest BCUT2D eigenvalue weighted by atomic mass is 9.94. The summed E-state index contributed by atoms with van der Waals surface area (Å²) in [5, 5.41) is 2.51. The van der Waals surface area contributed by atoms with Gasteiger partial charge in [0, 0.05) is 23.5 Å². The number of aryl methyl sites for hydroxylation is 1. The average molecular weight is 805 g/mol. The fourth-order valence-corrected chi connectivity index (χ4v) is 8.03. The van der Waals surface area contributed by atoms with Crippen molar-refractivity contribution in [2.75, 3.05) is 10.8 Å². The first-order valence-electron chi connectivity index (χ1n) is 16.6. The van der Waals surface area contributed by atoms with Crippen LogP contribution in [-0.4, -0.2) is 43.8 Å². The molecule has 4 aromatic carbocycles. The highest BCUT2D eigenvalue weighted by Crippen LogP contribution is 2.38. The van der Waals surface area contributed by atoms with Gasteiger partial charge in [-0.05, 0) is 73.4 Å². The van der Waals surface area contributed by atoms with Crippen molar-refractivity contribution in [1.82, 2.24) is 10.2 Å². The molecule has 0 bridgehead atoms. The molecule has 1 fully saturated rings. The molecule has 1 aliphatic rings. The van der Waals surface area contributed by atoms with Crippen LogP contribution in [0.15, 0.2) is 106 Å². The maximum Gasteiger partial charge on any atom is 0.417 e. The number of nitrogens with one attached hydrogen (secondary N) is 1. The maximum absolute atomic E-state index is 14.7. The van der Waals surface area contributed by atoms with Gasteiger partial charge in [0.05, 0.1) is 21.2 Å². The molecule has 0 unspecified atom stereocenters. The van der Waals surface area contributed by atoms with Gasteiger partial charge in [0.1, 0.15) is 12.6 Å². The van der Waals surface area contributed by atoms with Gasteiger partial charge < -0.3 is 10.2 Å². The number of carbonyl (C=O) groups is 2. The summed E-state index contributed by atoms with van der Waals surface area (Å²) >= 11 is 9.33. The van der Waals surface area contributed by atoms with E-state index in [-0.39, 0.29) is 23.9 Å². The number of benzene rings is 4. The van der Waals surface area contributed by atoms with Crippen LogP contribution in [0.3, 0.4) is 0 Å². The van der Waals surface area contributed by atoms with Gasteiger partial charge >= 0.3 is 6.18 Å². The molecule has 5 rings (SSSR count). The molecule has 0 aliphatic heterocycles. The van der Waals surface area contributed by atoms with E-state index in [0.29, 0.717) is 15.9 Å². The van der Waals surface area contributed by atoms with Crippen molar-refractivity contribution in [3.8, 4) is 0 Å². The van der Waals surface area contributed by atoms with Crippen molar-refractivity contribution < 1.29 is 31.2 Å². The van der Waals surface area contributed by atoms with Crippen LogP contribution >= 0.6 is 27.5 Å². The van der Waals surface area contributed by atoms with Gasteiger partial charge in [0.25, 0.3) is 10.0 Å². The Morgan fingerprint density at radius 3 is 2.18 bits per heavy atom. The Kier molecular flexibility index (Phi) is 12.5. The first kappa shape index (κ1) is 38.4. The molecule has 0 aromatic heterocycles. The lowest BCUT2D eigenvalue weighted by Crippen LogP contribution is -2.55. The van der Waals surface area contributed by atoms with E-state index >= 15 is 0 Å². The number of halogens is 5. The fraction of sp³-hybridized carbons (Fsp3) is 0.316. The predicted molar refractivity (Wildman–Crippen MR) is 196 cm³/mol. The zero-order valence-corrected chi connectivity index (χ0v) is 31.0. The van der Waals surface area contributed by atoms with Crippen LogP contribution in [0.1, 0.15) is 54.4 Å². The average Bonchev–Trinajstić information content (AvgIpc) is 3.10. The number of anilines is 1. The first-order valence-corrected chi connectivity index (χ1v) is 19.2. The number of hydrogen-bond donors (Lipinski definition) is 1. The predicted octanol–water partition coefficient (Wildman–Crippen LogP) is 8.71. The summed E-state index contributed by atoms with van der Waals surface area (Å²) in [4.78, 5) is 30.0. The third-order valence-electron chi connectivity index (χ3n) is 8.92. The van der Waals surface area contributed by atoms with E-state index in [9.17, 15) is 31.2 Å². The van der Waals surface area contributed by atoms with Crippen molar-refractivity contribution >= 4 is 55.1 Å². The largest absolute Gasteiger partial charge is 0.417 e. The minimum absolute atomic E-state index is 0.0749. The third-order valence-corrected chi connectivity index (χ3v) is 11.6. The minimum atomic E-state index is -4.90. The molecule has 1 N–H and O–H groups in total. The zero-order valence-electron chi connectivity index (χ0n) is 27.9. The number of carbonyl (C=O) groups excluding carboxylic acids is 2. The van der Waals surface area contributed by atoms with Gasteiger partial charge in [-0.25, -0.2) is 8.42 Å². The second kappa shape index (κ2) is 16.6. The number of hydrogen-bond acceptors (Lipinski definition) is 4. The van der Waals surface area contributed by atoms with Crippen LogP contribution in [0, 0.1) is 6.92 Å². The fourth-order valence-electron chi connectivity index (χ4n) is 6.14. The van der Waals surface area contributed by atoms with Crippen molar-refractivity contribution in [1.29, 1.82) is 0 Å². The SMILES string of the molecule is Cc1ccc(S(=O)(=O)N(CC(=O)N(Cc2ccc(Br)cc2)[C@H](Cc2ccccc2)C(=O)NC2CCCCC2)c2ccc(Cl)c(C(F)(F)F)c2)cc1. The maximum atomic E-state index is 14.7. The monoisotopic (exact) mass is 803 g/mol. The van der Waals surface area contributed by atoms with Crippen molar-refractivity contribution in [2.45, 2.75) is 75.1 Å². The highest BCUT2D eigenvalue weighted by Gasteiger charge is 2.38. The molecule has 1 aliphatic carbocycles. The van der Waals surface area contributed by atoms with E-state index in [2.05, 4.69) is 21.2 Å². The number of sulfonamides is 1. The highest BCUT2D eigenvalue weighted by atomic mass is 79.9. The normalized spacial score (nSPS) is 14.5.